The normalized spacial score (nSPS) is 25.5. The molecule has 4 atom stereocenters. The summed E-state index contributed by atoms with van der Waals surface area (Å²) in [5.74, 6) is -0.256. The molecule has 0 spiro atoms. The lowest BCUT2D eigenvalue weighted by Gasteiger charge is -2.33. The molecule has 3 N–H and O–H groups in total. The summed E-state index contributed by atoms with van der Waals surface area (Å²) in [4.78, 5) is 26.8. The Morgan fingerprint density at radius 3 is 2.60 bits per heavy atom. The van der Waals surface area contributed by atoms with Crippen LogP contribution in [0.1, 0.15) is 24.9 Å². The summed E-state index contributed by atoms with van der Waals surface area (Å²) in [6.45, 7) is 4.69. The fraction of sp³-hybridized carbons (Fsp3) is 0.545. The molecule has 164 valence electrons. The summed E-state index contributed by atoms with van der Waals surface area (Å²) in [5, 5.41) is 15.6. The van der Waals surface area contributed by atoms with Gasteiger partial charge in [-0.3, -0.25) is 14.5 Å². The number of rotatable bonds is 8. The molecule has 2 aliphatic rings. The molecule has 0 unspecified atom stereocenters. The smallest absolute Gasteiger partial charge is 0.234 e. The van der Waals surface area contributed by atoms with E-state index < -0.39 is 18.2 Å². The summed E-state index contributed by atoms with van der Waals surface area (Å²) < 4.78 is 11.1. The minimum atomic E-state index is -0.590. The van der Waals surface area contributed by atoms with Crippen LogP contribution in [-0.4, -0.2) is 79.5 Å². The van der Waals surface area contributed by atoms with Gasteiger partial charge in [0, 0.05) is 13.1 Å². The first-order valence-corrected chi connectivity index (χ1v) is 10.4. The lowest BCUT2D eigenvalue weighted by atomic mass is 10.0. The molecule has 1 saturated heterocycles. The number of amides is 2. The van der Waals surface area contributed by atoms with Gasteiger partial charge in [-0.1, -0.05) is 42.5 Å². The third-order valence-corrected chi connectivity index (χ3v) is 5.33. The van der Waals surface area contributed by atoms with Crippen molar-refractivity contribution in [3.05, 3.63) is 48.0 Å². The van der Waals surface area contributed by atoms with Gasteiger partial charge in [0.1, 0.15) is 6.10 Å². The lowest BCUT2D eigenvalue weighted by Crippen LogP contribution is -2.52. The molecule has 3 rings (SSSR count). The van der Waals surface area contributed by atoms with E-state index in [0.29, 0.717) is 13.2 Å². The van der Waals surface area contributed by atoms with Gasteiger partial charge < -0.3 is 25.2 Å². The van der Waals surface area contributed by atoms with Crippen LogP contribution in [0.4, 0.5) is 0 Å². The maximum atomic E-state index is 12.4. The molecule has 1 fully saturated rings. The lowest BCUT2D eigenvalue weighted by molar-refractivity contribution is -0.129. The minimum absolute atomic E-state index is 0.105. The van der Waals surface area contributed by atoms with E-state index in [2.05, 4.69) is 10.6 Å². The standard InChI is InChI=1S/C22H31N3O5/c1-16(17-5-3-2-4-6-17)23-21(27)13-18-7-8-19(20(15-26)30-18)24-22(28)14-25-9-11-29-12-10-25/h2-8,16,18-20,26H,9-15H2,1H3,(H,23,27)(H,24,28)/t16-,18-,19+,20-/m1/s1. The SMILES string of the molecule is C[C@@H](NC(=O)C[C@H]1C=C[C@H](NC(=O)CN2CCOCC2)[C@@H](CO)O1)c1ccccc1. The van der Waals surface area contributed by atoms with Gasteiger partial charge in [-0.05, 0) is 12.5 Å². The number of aliphatic hydroxyl groups is 1. The van der Waals surface area contributed by atoms with Gasteiger partial charge >= 0.3 is 0 Å². The Labute approximate surface area is 177 Å². The molecular weight excluding hydrogens is 386 g/mol. The van der Waals surface area contributed by atoms with Crippen LogP contribution >= 0.6 is 0 Å². The molecule has 2 heterocycles. The number of hydrogen-bond donors (Lipinski definition) is 3. The Hall–Kier alpha value is -2.26. The molecule has 30 heavy (non-hydrogen) atoms. The van der Waals surface area contributed by atoms with Gasteiger partial charge in [0.25, 0.3) is 0 Å². The summed E-state index contributed by atoms with van der Waals surface area (Å²) >= 11 is 0. The van der Waals surface area contributed by atoms with E-state index in [1.165, 1.54) is 0 Å². The molecular formula is C22H31N3O5. The van der Waals surface area contributed by atoms with Crippen molar-refractivity contribution >= 4 is 11.8 Å². The molecule has 8 nitrogen and oxygen atoms in total. The van der Waals surface area contributed by atoms with Gasteiger partial charge in [0.2, 0.25) is 11.8 Å². The highest BCUT2D eigenvalue weighted by Crippen LogP contribution is 2.17. The molecule has 1 aromatic carbocycles. The van der Waals surface area contributed by atoms with Crippen molar-refractivity contribution < 1.29 is 24.2 Å². The zero-order valence-corrected chi connectivity index (χ0v) is 17.3. The topological polar surface area (TPSA) is 100 Å². The van der Waals surface area contributed by atoms with Crippen LogP contribution in [0.2, 0.25) is 0 Å². The third kappa shape index (κ3) is 6.63. The Morgan fingerprint density at radius 2 is 1.90 bits per heavy atom. The van der Waals surface area contributed by atoms with Gasteiger partial charge in [0.15, 0.2) is 0 Å². The molecule has 2 amide bonds. The first-order chi connectivity index (χ1) is 14.5. The predicted octanol–water partition coefficient (Wildman–Crippen LogP) is 0.387. The van der Waals surface area contributed by atoms with Crippen molar-refractivity contribution in [2.24, 2.45) is 0 Å². The number of nitrogens with one attached hydrogen (secondary N) is 2. The van der Waals surface area contributed by atoms with Crippen molar-refractivity contribution in [1.82, 2.24) is 15.5 Å². The molecule has 0 bridgehead atoms. The van der Waals surface area contributed by atoms with E-state index in [9.17, 15) is 14.7 Å². The number of benzene rings is 1. The third-order valence-electron chi connectivity index (χ3n) is 5.33. The number of hydrogen-bond acceptors (Lipinski definition) is 6. The van der Waals surface area contributed by atoms with Crippen LogP contribution in [0.15, 0.2) is 42.5 Å². The van der Waals surface area contributed by atoms with Crippen LogP contribution in [0.3, 0.4) is 0 Å². The van der Waals surface area contributed by atoms with Crippen molar-refractivity contribution in [1.29, 1.82) is 0 Å². The highest BCUT2D eigenvalue weighted by Gasteiger charge is 2.29. The van der Waals surface area contributed by atoms with E-state index >= 15 is 0 Å². The molecule has 0 aliphatic carbocycles. The van der Waals surface area contributed by atoms with Gasteiger partial charge in [-0.25, -0.2) is 0 Å². The van der Waals surface area contributed by atoms with Crippen molar-refractivity contribution in [3.8, 4) is 0 Å². The first-order valence-electron chi connectivity index (χ1n) is 10.4. The largest absolute Gasteiger partial charge is 0.394 e. The van der Waals surface area contributed by atoms with Crippen LogP contribution in [-0.2, 0) is 19.1 Å². The number of carbonyl (C=O) groups is 2. The Balaban J connectivity index is 1.47. The van der Waals surface area contributed by atoms with Crippen LogP contribution < -0.4 is 10.6 Å². The summed E-state index contributed by atoms with van der Waals surface area (Å²) in [5.41, 5.74) is 1.03. The van der Waals surface area contributed by atoms with E-state index in [1.54, 1.807) is 12.2 Å². The van der Waals surface area contributed by atoms with E-state index in [0.717, 1.165) is 18.7 Å². The summed E-state index contributed by atoms with van der Waals surface area (Å²) in [7, 11) is 0. The van der Waals surface area contributed by atoms with Gasteiger partial charge in [0.05, 0.1) is 51.0 Å². The minimum Gasteiger partial charge on any atom is -0.394 e. The monoisotopic (exact) mass is 417 g/mol. The predicted molar refractivity (Wildman–Crippen MR) is 112 cm³/mol. The molecule has 0 aromatic heterocycles. The fourth-order valence-electron chi connectivity index (χ4n) is 3.64. The van der Waals surface area contributed by atoms with E-state index in [-0.39, 0.29) is 37.4 Å². The van der Waals surface area contributed by atoms with Crippen molar-refractivity contribution in [2.75, 3.05) is 39.5 Å². The Bertz CT molecular complexity index is 721. The van der Waals surface area contributed by atoms with Crippen molar-refractivity contribution in [3.63, 3.8) is 0 Å². The Kier molecular flexibility index (Phi) is 8.39. The highest BCUT2D eigenvalue weighted by atomic mass is 16.5. The van der Waals surface area contributed by atoms with Gasteiger partial charge in [-0.15, -0.1) is 0 Å². The second kappa shape index (κ2) is 11.2. The summed E-state index contributed by atoms with van der Waals surface area (Å²) in [6.07, 6.45) is 2.70. The van der Waals surface area contributed by atoms with E-state index in [4.69, 9.17) is 9.47 Å². The molecule has 1 aromatic rings. The van der Waals surface area contributed by atoms with Crippen molar-refractivity contribution in [2.45, 2.75) is 37.6 Å². The quantitative estimate of drug-likeness (QED) is 0.529. The fourth-order valence-corrected chi connectivity index (χ4v) is 3.64. The number of carbonyl (C=O) groups excluding carboxylic acids is 2. The number of morpholine rings is 1. The number of nitrogens with zero attached hydrogens (tertiary/aromatic N) is 1. The molecule has 8 heteroatoms. The highest BCUT2D eigenvalue weighted by molar-refractivity contribution is 5.79. The molecule has 0 radical (unpaired) electrons. The maximum Gasteiger partial charge on any atom is 0.234 e. The average Bonchev–Trinajstić information content (AvgIpc) is 2.76. The second-order valence-corrected chi connectivity index (χ2v) is 7.67. The first kappa shape index (κ1) is 22.4. The molecule has 2 aliphatic heterocycles. The summed E-state index contributed by atoms with van der Waals surface area (Å²) in [6, 6.07) is 9.21. The average molecular weight is 418 g/mol. The molecule has 0 saturated carbocycles. The van der Waals surface area contributed by atoms with Gasteiger partial charge in [-0.2, -0.15) is 0 Å². The van der Waals surface area contributed by atoms with E-state index in [1.807, 2.05) is 42.2 Å². The number of aliphatic hydroxyl groups excluding tert-OH is 1. The van der Waals surface area contributed by atoms with Crippen LogP contribution in [0.5, 0.6) is 0 Å². The van der Waals surface area contributed by atoms with Crippen LogP contribution in [0, 0.1) is 0 Å². The second-order valence-electron chi connectivity index (χ2n) is 7.67. The zero-order valence-electron chi connectivity index (χ0n) is 17.3. The van der Waals surface area contributed by atoms with Crippen LogP contribution in [0.25, 0.3) is 0 Å². The zero-order chi connectivity index (χ0) is 21.3. The number of ether oxygens (including phenoxy) is 2. The maximum absolute atomic E-state index is 12.4. The Morgan fingerprint density at radius 1 is 1.17 bits per heavy atom.